The molecule has 0 saturated carbocycles. The van der Waals surface area contributed by atoms with Gasteiger partial charge in [0.2, 0.25) is 0 Å². The van der Waals surface area contributed by atoms with Crippen LogP contribution in [-0.4, -0.2) is 41.0 Å². The van der Waals surface area contributed by atoms with Crippen molar-refractivity contribution in [1.82, 2.24) is 20.0 Å². The van der Waals surface area contributed by atoms with Gasteiger partial charge >= 0.3 is 6.03 Å². The van der Waals surface area contributed by atoms with Crippen LogP contribution in [0.15, 0.2) is 23.8 Å². The number of rotatable bonds is 8. The number of carbonyl (C=O) groups excluding carboxylic acids is 1. The van der Waals surface area contributed by atoms with Crippen molar-refractivity contribution in [3.63, 3.8) is 0 Å². The molecule has 1 N–H and O–H groups in total. The number of aromatic nitrogens is 2. The average Bonchev–Trinajstić information content (AvgIpc) is 3.17. The van der Waals surface area contributed by atoms with Crippen molar-refractivity contribution >= 4 is 17.4 Å². The van der Waals surface area contributed by atoms with E-state index in [0.29, 0.717) is 26.2 Å². The predicted molar refractivity (Wildman–Crippen MR) is 91.5 cm³/mol. The van der Waals surface area contributed by atoms with Crippen LogP contribution in [-0.2, 0) is 24.4 Å². The average molecular weight is 336 g/mol. The Hall–Kier alpha value is -1.86. The fraction of sp³-hybridized carbons (Fsp3) is 0.500. The van der Waals surface area contributed by atoms with Crippen molar-refractivity contribution in [2.75, 3.05) is 20.3 Å². The van der Waals surface area contributed by atoms with Crippen molar-refractivity contribution in [1.29, 1.82) is 0 Å². The summed E-state index contributed by atoms with van der Waals surface area (Å²) in [6.07, 6.45) is 3.77. The number of methoxy groups -OCH3 is 1. The number of hydrogen-bond donors (Lipinski definition) is 1. The first-order valence-electron chi connectivity index (χ1n) is 7.70. The second-order valence-corrected chi connectivity index (χ2v) is 6.30. The molecule has 2 aromatic rings. The highest BCUT2D eigenvalue weighted by molar-refractivity contribution is 7.10. The van der Waals surface area contributed by atoms with Crippen LogP contribution in [0.4, 0.5) is 4.79 Å². The summed E-state index contributed by atoms with van der Waals surface area (Å²) >= 11 is 1.66. The summed E-state index contributed by atoms with van der Waals surface area (Å²) in [7, 11) is 1.64. The molecule has 7 heteroatoms. The monoisotopic (exact) mass is 336 g/mol. The minimum atomic E-state index is -0.0842. The van der Waals surface area contributed by atoms with Crippen molar-refractivity contribution in [3.8, 4) is 0 Å². The molecule has 0 aromatic carbocycles. The van der Waals surface area contributed by atoms with Gasteiger partial charge in [0.15, 0.2) is 0 Å². The van der Waals surface area contributed by atoms with Gasteiger partial charge in [0, 0.05) is 36.8 Å². The molecule has 2 rings (SSSR count). The third kappa shape index (κ3) is 5.07. The first-order valence-corrected chi connectivity index (χ1v) is 8.58. The van der Waals surface area contributed by atoms with Crippen molar-refractivity contribution in [2.24, 2.45) is 0 Å². The molecular formula is C16H24N4O2S. The highest BCUT2D eigenvalue weighted by Gasteiger charge is 2.15. The zero-order chi connectivity index (χ0) is 16.7. The summed E-state index contributed by atoms with van der Waals surface area (Å²) in [5.41, 5.74) is 2.23. The summed E-state index contributed by atoms with van der Waals surface area (Å²) in [5.74, 6) is 0. The molecular weight excluding hydrogens is 312 g/mol. The Labute approximate surface area is 141 Å². The number of nitrogens with zero attached hydrogens (tertiary/aromatic N) is 3. The van der Waals surface area contributed by atoms with Crippen molar-refractivity contribution in [3.05, 3.63) is 39.8 Å². The van der Waals surface area contributed by atoms with Crippen LogP contribution in [0.3, 0.4) is 0 Å². The maximum Gasteiger partial charge on any atom is 0.318 e. The number of urea groups is 1. The fourth-order valence-corrected chi connectivity index (χ4v) is 3.03. The number of carbonyl (C=O) groups is 1. The summed E-state index contributed by atoms with van der Waals surface area (Å²) < 4.78 is 6.97. The van der Waals surface area contributed by atoms with E-state index in [-0.39, 0.29) is 6.03 Å². The minimum absolute atomic E-state index is 0.0842. The molecule has 0 unspecified atom stereocenters. The maximum atomic E-state index is 12.5. The van der Waals surface area contributed by atoms with Crippen LogP contribution >= 0.6 is 11.3 Å². The Morgan fingerprint density at radius 1 is 1.52 bits per heavy atom. The molecule has 2 heterocycles. The van der Waals surface area contributed by atoms with Gasteiger partial charge in [-0.1, -0.05) is 0 Å². The number of ether oxygens (including phenoxy) is 1. The minimum Gasteiger partial charge on any atom is -0.383 e. The van der Waals surface area contributed by atoms with Gasteiger partial charge in [-0.15, -0.1) is 11.3 Å². The number of hydrogen-bond acceptors (Lipinski definition) is 4. The number of thiophene rings is 1. The molecule has 2 amide bonds. The molecule has 126 valence electrons. The van der Waals surface area contributed by atoms with Crippen LogP contribution in [0.5, 0.6) is 0 Å². The molecule has 6 nitrogen and oxygen atoms in total. The highest BCUT2D eigenvalue weighted by atomic mass is 32.1. The van der Waals surface area contributed by atoms with E-state index < -0.39 is 0 Å². The summed E-state index contributed by atoms with van der Waals surface area (Å²) in [6, 6.07) is 1.98. The van der Waals surface area contributed by atoms with Gasteiger partial charge in [-0.25, -0.2) is 4.79 Å². The summed E-state index contributed by atoms with van der Waals surface area (Å²) in [6.45, 7) is 7.05. The standard InChI is InChI=1S/C16H24N4O2S/c1-4-20-12-14(9-18-20)11-19(6-7-22-3)16(21)17-10-15-13(2)5-8-23-15/h5,8-9,12H,4,6-7,10-11H2,1-3H3,(H,17,21). The molecule has 0 fully saturated rings. The molecule has 0 aliphatic heterocycles. The van der Waals surface area contributed by atoms with Crippen molar-refractivity contribution in [2.45, 2.75) is 33.5 Å². The van der Waals surface area contributed by atoms with E-state index in [1.807, 2.05) is 23.2 Å². The van der Waals surface area contributed by atoms with Crippen molar-refractivity contribution < 1.29 is 9.53 Å². The Bertz CT molecular complexity index is 623. The predicted octanol–water partition coefficient (Wildman–Crippen LogP) is 2.63. The Balaban J connectivity index is 1.95. The smallest absolute Gasteiger partial charge is 0.318 e. The number of amides is 2. The first-order chi connectivity index (χ1) is 11.1. The zero-order valence-corrected chi connectivity index (χ0v) is 14.7. The van der Waals surface area contributed by atoms with Crippen LogP contribution in [0.1, 0.15) is 22.9 Å². The van der Waals surface area contributed by atoms with Gasteiger partial charge in [0.1, 0.15) is 0 Å². The van der Waals surface area contributed by atoms with Gasteiger partial charge in [-0.05, 0) is 30.9 Å². The number of aryl methyl sites for hydroxylation is 2. The van der Waals surface area contributed by atoms with Gasteiger partial charge in [-0.2, -0.15) is 5.10 Å². The third-order valence-electron chi connectivity index (χ3n) is 3.61. The van der Waals surface area contributed by atoms with Crippen LogP contribution in [0, 0.1) is 6.92 Å². The maximum absolute atomic E-state index is 12.5. The van der Waals surface area contributed by atoms with Crippen LogP contribution in [0.25, 0.3) is 0 Å². The van der Waals surface area contributed by atoms with E-state index in [4.69, 9.17) is 4.74 Å². The summed E-state index contributed by atoms with van der Waals surface area (Å²) in [5, 5.41) is 9.29. The fourth-order valence-electron chi connectivity index (χ4n) is 2.19. The molecule has 0 spiro atoms. The lowest BCUT2D eigenvalue weighted by molar-refractivity contribution is 0.146. The molecule has 0 radical (unpaired) electrons. The van der Waals surface area contributed by atoms with Crippen LogP contribution in [0.2, 0.25) is 0 Å². The van der Waals surface area contributed by atoms with E-state index in [9.17, 15) is 4.79 Å². The quantitative estimate of drug-likeness (QED) is 0.806. The van der Waals surface area contributed by atoms with Gasteiger partial charge in [0.25, 0.3) is 0 Å². The topological polar surface area (TPSA) is 59.4 Å². The molecule has 23 heavy (non-hydrogen) atoms. The van der Waals surface area contributed by atoms with Crippen LogP contribution < -0.4 is 5.32 Å². The first kappa shape index (κ1) is 17.5. The van der Waals surface area contributed by atoms with Gasteiger partial charge in [-0.3, -0.25) is 4.68 Å². The Kier molecular flexibility index (Phi) is 6.61. The highest BCUT2D eigenvalue weighted by Crippen LogP contribution is 2.15. The second kappa shape index (κ2) is 8.69. The molecule has 2 aromatic heterocycles. The normalized spacial score (nSPS) is 10.7. The second-order valence-electron chi connectivity index (χ2n) is 5.30. The zero-order valence-electron chi connectivity index (χ0n) is 13.9. The van der Waals surface area contributed by atoms with E-state index in [1.54, 1.807) is 29.5 Å². The Morgan fingerprint density at radius 3 is 2.96 bits per heavy atom. The van der Waals surface area contributed by atoms with Gasteiger partial charge < -0.3 is 15.0 Å². The largest absolute Gasteiger partial charge is 0.383 e. The third-order valence-corrected chi connectivity index (χ3v) is 4.63. The number of nitrogens with one attached hydrogen (secondary N) is 1. The van der Waals surface area contributed by atoms with E-state index in [0.717, 1.165) is 12.1 Å². The molecule has 0 aliphatic carbocycles. The molecule has 0 atom stereocenters. The van der Waals surface area contributed by atoms with E-state index in [1.165, 1.54) is 10.4 Å². The Morgan fingerprint density at radius 2 is 2.35 bits per heavy atom. The lowest BCUT2D eigenvalue weighted by Crippen LogP contribution is -2.40. The molecule has 0 saturated heterocycles. The lowest BCUT2D eigenvalue weighted by atomic mass is 10.3. The SMILES string of the molecule is CCn1cc(CN(CCOC)C(=O)NCc2sccc2C)cn1. The summed E-state index contributed by atoms with van der Waals surface area (Å²) in [4.78, 5) is 15.4. The van der Waals surface area contributed by atoms with Gasteiger partial charge in [0.05, 0.1) is 25.9 Å². The lowest BCUT2D eigenvalue weighted by Gasteiger charge is -2.22. The molecule has 0 bridgehead atoms. The van der Waals surface area contributed by atoms with E-state index in [2.05, 4.69) is 23.4 Å². The molecule has 0 aliphatic rings. The van der Waals surface area contributed by atoms with E-state index >= 15 is 0 Å².